The van der Waals surface area contributed by atoms with Crippen molar-refractivity contribution in [3.63, 3.8) is 0 Å². The quantitative estimate of drug-likeness (QED) is 0.516. The fourth-order valence-corrected chi connectivity index (χ4v) is 1.75. The van der Waals surface area contributed by atoms with Gasteiger partial charge in [-0.05, 0) is 24.3 Å². The van der Waals surface area contributed by atoms with Gasteiger partial charge in [0.2, 0.25) is 0 Å². The zero-order chi connectivity index (χ0) is 15.6. The van der Waals surface area contributed by atoms with Gasteiger partial charge < -0.3 is 10.4 Å². The molecule has 0 unspecified atom stereocenters. The van der Waals surface area contributed by atoms with Crippen LogP contribution >= 0.6 is 11.6 Å². The first-order valence-corrected chi connectivity index (χ1v) is 6.00. The maximum Gasteiger partial charge on any atom is 0.271 e. The second-order valence-electron chi connectivity index (χ2n) is 4.04. The molecule has 0 aromatic heterocycles. The second kappa shape index (κ2) is 5.76. The molecule has 2 rings (SSSR count). The number of nitrogens with zero attached hydrogens (tertiary/aromatic N) is 1. The monoisotopic (exact) mass is 310 g/mol. The highest BCUT2D eigenvalue weighted by atomic mass is 35.5. The van der Waals surface area contributed by atoms with E-state index in [0.717, 1.165) is 30.3 Å². The zero-order valence-corrected chi connectivity index (χ0v) is 11.1. The Labute approximate surface area is 122 Å². The zero-order valence-electron chi connectivity index (χ0n) is 10.3. The Balaban J connectivity index is 2.28. The van der Waals surface area contributed by atoms with E-state index < -0.39 is 16.6 Å². The van der Waals surface area contributed by atoms with Gasteiger partial charge in [-0.15, -0.1) is 0 Å². The summed E-state index contributed by atoms with van der Waals surface area (Å²) in [4.78, 5) is 21.9. The molecule has 6 nitrogen and oxygen atoms in total. The lowest BCUT2D eigenvalue weighted by molar-refractivity contribution is -0.384. The first-order valence-electron chi connectivity index (χ1n) is 5.62. The number of nitrogens with one attached hydrogen (secondary N) is 1. The number of halogens is 2. The second-order valence-corrected chi connectivity index (χ2v) is 4.45. The molecular formula is C13H8ClFN2O4. The largest absolute Gasteiger partial charge is 0.506 e. The SMILES string of the molecule is O=C(Nc1cc([N+](=O)[O-])ccc1O)c1ccc(F)c(Cl)c1. The number of aromatic hydroxyl groups is 1. The number of carbonyl (C=O) groups excluding carboxylic acids is 1. The van der Waals surface area contributed by atoms with Crippen molar-refractivity contribution >= 4 is 28.9 Å². The summed E-state index contributed by atoms with van der Waals surface area (Å²) in [5.41, 5.74) is -0.373. The number of nitro groups is 1. The summed E-state index contributed by atoms with van der Waals surface area (Å²) < 4.78 is 13.0. The van der Waals surface area contributed by atoms with Crippen LogP contribution in [-0.2, 0) is 0 Å². The number of carbonyl (C=O) groups is 1. The summed E-state index contributed by atoms with van der Waals surface area (Å²) in [6.07, 6.45) is 0. The number of phenolic OH excluding ortho intramolecular Hbond substituents is 1. The fourth-order valence-electron chi connectivity index (χ4n) is 1.57. The molecule has 1 amide bonds. The van der Waals surface area contributed by atoms with Crippen LogP contribution in [0.1, 0.15) is 10.4 Å². The van der Waals surface area contributed by atoms with Gasteiger partial charge in [0, 0.05) is 17.7 Å². The van der Waals surface area contributed by atoms with Gasteiger partial charge in [-0.25, -0.2) is 4.39 Å². The highest BCUT2D eigenvalue weighted by Gasteiger charge is 2.14. The maximum atomic E-state index is 13.0. The Bertz CT molecular complexity index is 736. The highest BCUT2D eigenvalue weighted by molar-refractivity contribution is 6.31. The van der Waals surface area contributed by atoms with Crippen molar-refractivity contribution in [1.29, 1.82) is 0 Å². The Hall–Kier alpha value is -2.67. The van der Waals surface area contributed by atoms with Crippen molar-refractivity contribution in [3.05, 3.63) is 62.9 Å². The van der Waals surface area contributed by atoms with Crippen molar-refractivity contribution in [3.8, 4) is 5.75 Å². The molecule has 0 radical (unpaired) electrons. The van der Waals surface area contributed by atoms with Gasteiger partial charge in [-0.2, -0.15) is 0 Å². The van der Waals surface area contributed by atoms with Crippen molar-refractivity contribution in [2.45, 2.75) is 0 Å². The standard InChI is InChI=1S/C13H8ClFN2O4/c14-9-5-7(1-3-10(9)15)13(19)16-11-6-8(17(20)21)2-4-12(11)18/h1-6,18H,(H,16,19). The molecule has 0 aliphatic heterocycles. The van der Waals surface area contributed by atoms with Crippen LogP contribution in [0.15, 0.2) is 36.4 Å². The molecule has 108 valence electrons. The molecule has 8 heteroatoms. The van der Waals surface area contributed by atoms with Crippen LogP contribution in [0.25, 0.3) is 0 Å². The van der Waals surface area contributed by atoms with Crippen molar-refractivity contribution < 1.29 is 19.2 Å². The topological polar surface area (TPSA) is 92.5 Å². The predicted octanol–water partition coefficient (Wildman–Crippen LogP) is 3.35. The predicted molar refractivity (Wildman–Crippen MR) is 74.1 cm³/mol. The summed E-state index contributed by atoms with van der Waals surface area (Å²) in [6, 6.07) is 6.53. The van der Waals surface area contributed by atoms with Crippen LogP contribution in [0, 0.1) is 15.9 Å². The Morgan fingerprint density at radius 1 is 1.29 bits per heavy atom. The lowest BCUT2D eigenvalue weighted by Crippen LogP contribution is -2.12. The molecular weight excluding hydrogens is 303 g/mol. The van der Waals surface area contributed by atoms with Gasteiger partial charge in [0.25, 0.3) is 11.6 Å². The molecule has 0 aliphatic carbocycles. The first kappa shape index (κ1) is 14.7. The third-order valence-electron chi connectivity index (χ3n) is 2.62. The van der Waals surface area contributed by atoms with Gasteiger partial charge in [0.1, 0.15) is 11.6 Å². The number of phenols is 1. The van der Waals surface area contributed by atoms with Crippen LogP contribution in [0.4, 0.5) is 15.8 Å². The Morgan fingerprint density at radius 3 is 2.62 bits per heavy atom. The number of amides is 1. The average Bonchev–Trinajstić information content (AvgIpc) is 2.43. The van der Waals surface area contributed by atoms with Crippen LogP contribution in [-0.4, -0.2) is 15.9 Å². The van der Waals surface area contributed by atoms with E-state index in [1.54, 1.807) is 0 Å². The number of rotatable bonds is 3. The van der Waals surface area contributed by atoms with E-state index in [1.165, 1.54) is 6.07 Å². The van der Waals surface area contributed by atoms with E-state index in [4.69, 9.17) is 11.6 Å². The number of anilines is 1. The van der Waals surface area contributed by atoms with E-state index >= 15 is 0 Å². The summed E-state index contributed by atoms with van der Waals surface area (Å²) in [5.74, 6) is -1.69. The molecule has 2 aromatic rings. The van der Waals surface area contributed by atoms with E-state index in [2.05, 4.69) is 5.32 Å². The van der Waals surface area contributed by atoms with Crippen molar-refractivity contribution in [2.24, 2.45) is 0 Å². The normalized spacial score (nSPS) is 10.2. The van der Waals surface area contributed by atoms with Crippen molar-refractivity contribution in [2.75, 3.05) is 5.32 Å². The van der Waals surface area contributed by atoms with E-state index in [9.17, 15) is 24.4 Å². The summed E-state index contributed by atoms with van der Waals surface area (Å²) in [6.45, 7) is 0. The summed E-state index contributed by atoms with van der Waals surface area (Å²) in [5, 5.41) is 22.3. The Kier molecular flexibility index (Phi) is 4.04. The molecule has 0 spiro atoms. The smallest absolute Gasteiger partial charge is 0.271 e. The summed E-state index contributed by atoms with van der Waals surface area (Å²) >= 11 is 5.57. The minimum atomic E-state index is -0.687. The third kappa shape index (κ3) is 3.26. The number of nitro benzene ring substituents is 1. The summed E-state index contributed by atoms with van der Waals surface area (Å²) in [7, 11) is 0. The number of non-ortho nitro benzene ring substituents is 1. The van der Waals surface area contributed by atoms with Crippen LogP contribution in [0.5, 0.6) is 5.75 Å². The van der Waals surface area contributed by atoms with Gasteiger partial charge >= 0.3 is 0 Å². The van der Waals surface area contributed by atoms with Crippen molar-refractivity contribution in [1.82, 2.24) is 0 Å². The van der Waals surface area contributed by atoms with Crippen LogP contribution < -0.4 is 5.32 Å². The highest BCUT2D eigenvalue weighted by Crippen LogP contribution is 2.28. The molecule has 0 heterocycles. The molecule has 2 aromatic carbocycles. The molecule has 0 bridgehead atoms. The molecule has 0 saturated carbocycles. The van der Waals surface area contributed by atoms with Gasteiger partial charge in [-0.3, -0.25) is 14.9 Å². The first-order chi connectivity index (χ1) is 9.88. The molecule has 21 heavy (non-hydrogen) atoms. The van der Waals surface area contributed by atoms with Crippen LogP contribution in [0.2, 0.25) is 5.02 Å². The average molecular weight is 311 g/mol. The molecule has 0 saturated heterocycles. The Morgan fingerprint density at radius 2 is 2.00 bits per heavy atom. The lowest BCUT2D eigenvalue weighted by atomic mass is 10.2. The van der Waals surface area contributed by atoms with Gasteiger partial charge in [-0.1, -0.05) is 11.6 Å². The molecule has 2 N–H and O–H groups in total. The van der Waals surface area contributed by atoms with Crippen LogP contribution in [0.3, 0.4) is 0 Å². The van der Waals surface area contributed by atoms with E-state index in [-0.39, 0.29) is 27.7 Å². The number of benzene rings is 2. The lowest BCUT2D eigenvalue weighted by Gasteiger charge is -2.07. The third-order valence-corrected chi connectivity index (χ3v) is 2.91. The minimum Gasteiger partial charge on any atom is -0.506 e. The van der Waals surface area contributed by atoms with Gasteiger partial charge in [0.05, 0.1) is 15.6 Å². The molecule has 0 atom stereocenters. The van der Waals surface area contributed by atoms with E-state index in [1.807, 2.05) is 0 Å². The number of hydrogen-bond acceptors (Lipinski definition) is 4. The number of hydrogen-bond donors (Lipinski definition) is 2. The minimum absolute atomic E-state index is 0.0484. The van der Waals surface area contributed by atoms with E-state index in [0.29, 0.717) is 0 Å². The van der Waals surface area contributed by atoms with Gasteiger partial charge in [0.15, 0.2) is 0 Å². The fraction of sp³-hybridized carbons (Fsp3) is 0. The maximum absolute atomic E-state index is 13.0. The molecule has 0 aliphatic rings. The molecule has 0 fully saturated rings.